The molecule has 0 fully saturated rings. The van der Waals surface area contributed by atoms with Gasteiger partial charge in [0, 0.05) is 19.5 Å². The number of amides is 1. The van der Waals surface area contributed by atoms with E-state index in [1.165, 1.54) is 17.6 Å². The Bertz CT molecular complexity index is 639. The zero-order valence-electron chi connectivity index (χ0n) is 9.57. The number of aryl methyl sites for hydroxylation is 1. The normalized spacial score (nSPS) is 10.7. The van der Waals surface area contributed by atoms with Gasteiger partial charge in [0.1, 0.15) is 5.75 Å². The van der Waals surface area contributed by atoms with E-state index < -0.39 is 0 Å². The Kier molecular flexibility index (Phi) is 2.63. The first-order valence-electron chi connectivity index (χ1n) is 5.26. The lowest BCUT2D eigenvalue weighted by atomic mass is 10.2. The molecule has 0 unspecified atom stereocenters. The van der Waals surface area contributed by atoms with Crippen LogP contribution in [0.4, 0.5) is 5.69 Å². The van der Waals surface area contributed by atoms with Crippen LogP contribution < -0.4 is 11.0 Å². The van der Waals surface area contributed by atoms with E-state index in [1.807, 2.05) is 6.92 Å². The highest BCUT2D eigenvalue weighted by Gasteiger charge is 2.10. The lowest BCUT2D eigenvalue weighted by Gasteiger charge is -2.05. The van der Waals surface area contributed by atoms with Gasteiger partial charge in [-0.15, -0.1) is 0 Å². The maximum atomic E-state index is 11.6. The first kappa shape index (κ1) is 11.3. The first-order chi connectivity index (χ1) is 8.02. The van der Waals surface area contributed by atoms with Gasteiger partial charge >= 0.3 is 5.69 Å². The monoisotopic (exact) mass is 235 g/mol. The Balaban J connectivity index is 2.66. The Morgan fingerprint density at radius 2 is 2.24 bits per heavy atom. The number of hydrogen-bond acceptors (Lipinski definition) is 3. The van der Waals surface area contributed by atoms with E-state index in [-0.39, 0.29) is 23.0 Å². The number of hydrogen-bond donors (Lipinski definition) is 3. The molecule has 3 N–H and O–H groups in total. The number of fused-ring (bicyclic) bond motifs is 1. The molecule has 0 aliphatic heterocycles. The van der Waals surface area contributed by atoms with Crippen molar-refractivity contribution in [2.45, 2.75) is 20.4 Å². The van der Waals surface area contributed by atoms with Crippen molar-refractivity contribution >= 4 is 22.6 Å². The van der Waals surface area contributed by atoms with E-state index in [4.69, 9.17) is 0 Å². The third-order valence-corrected chi connectivity index (χ3v) is 2.52. The first-order valence-corrected chi connectivity index (χ1v) is 5.26. The highest BCUT2D eigenvalue weighted by Crippen LogP contribution is 2.27. The van der Waals surface area contributed by atoms with Crippen molar-refractivity contribution in [3.63, 3.8) is 0 Å². The molecule has 1 aromatic heterocycles. The largest absolute Gasteiger partial charge is 0.506 e. The number of H-pyrrole nitrogens is 1. The van der Waals surface area contributed by atoms with Crippen molar-refractivity contribution in [3.05, 3.63) is 22.6 Å². The molecule has 0 atom stereocenters. The van der Waals surface area contributed by atoms with Gasteiger partial charge in [0.2, 0.25) is 5.91 Å². The maximum Gasteiger partial charge on any atom is 0.326 e. The minimum atomic E-state index is -0.281. The number of aromatic hydroxyl groups is 1. The average molecular weight is 235 g/mol. The number of aromatic amines is 1. The molecule has 2 aromatic rings. The van der Waals surface area contributed by atoms with Gasteiger partial charge in [-0.25, -0.2) is 4.79 Å². The molecule has 0 aliphatic rings. The Morgan fingerprint density at radius 1 is 1.53 bits per heavy atom. The van der Waals surface area contributed by atoms with Crippen LogP contribution in [0.2, 0.25) is 0 Å². The predicted octanol–water partition coefficient (Wildman–Crippen LogP) is 1.01. The van der Waals surface area contributed by atoms with E-state index in [2.05, 4.69) is 10.3 Å². The van der Waals surface area contributed by atoms with Gasteiger partial charge in [0.15, 0.2) is 0 Å². The zero-order valence-corrected chi connectivity index (χ0v) is 9.57. The molecule has 0 aliphatic carbocycles. The summed E-state index contributed by atoms with van der Waals surface area (Å²) in [6.07, 6.45) is 0. The minimum absolute atomic E-state index is 0.0612. The van der Waals surface area contributed by atoms with Crippen molar-refractivity contribution in [1.82, 2.24) is 9.55 Å². The van der Waals surface area contributed by atoms with Crippen molar-refractivity contribution in [3.8, 4) is 5.75 Å². The summed E-state index contributed by atoms with van der Waals surface area (Å²) in [5.41, 5.74) is 1.25. The van der Waals surface area contributed by atoms with Crippen molar-refractivity contribution in [2.75, 3.05) is 5.32 Å². The molecule has 1 aromatic carbocycles. The smallest absolute Gasteiger partial charge is 0.326 e. The molecule has 0 bridgehead atoms. The van der Waals surface area contributed by atoms with Crippen LogP contribution in [0.25, 0.3) is 11.0 Å². The minimum Gasteiger partial charge on any atom is -0.506 e. The van der Waals surface area contributed by atoms with Crippen LogP contribution in [0.15, 0.2) is 16.9 Å². The van der Waals surface area contributed by atoms with Gasteiger partial charge in [-0.3, -0.25) is 9.36 Å². The summed E-state index contributed by atoms with van der Waals surface area (Å²) in [6.45, 7) is 3.70. The molecule has 0 radical (unpaired) electrons. The molecule has 17 heavy (non-hydrogen) atoms. The zero-order chi connectivity index (χ0) is 12.6. The Hall–Kier alpha value is -2.24. The number of benzene rings is 1. The number of phenols is 1. The van der Waals surface area contributed by atoms with Gasteiger partial charge in [0.05, 0.1) is 16.7 Å². The standard InChI is InChI=1S/C11H13N3O3/c1-3-14-9-5-10(16)8(12-6(2)15)4-7(9)13-11(14)17/h4-5,16H,3H2,1-2H3,(H,12,15)(H,13,17). The summed E-state index contributed by atoms with van der Waals surface area (Å²) in [7, 11) is 0. The molecule has 2 rings (SSSR count). The number of carbonyl (C=O) groups is 1. The highest BCUT2D eigenvalue weighted by molar-refractivity contribution is 5.94. The third-order valence-electron chi connectivity index (χ3n) is 2.52. The highest BCUT2D eigenvalue weighted by atomic mass is 16.3. The van der Waals surface area contributed by atoms with Crippen LogP contribution in [-0.2, 0) is 11.3 Å². The van der Waals surface area contributed by atoms with Crippen molar-refractivity contribution < 1.29 is 9.90 Å². The van der Waals surface area contributed by atoms with Gasteiger partial charge in [-0.2, -0.15) is 0 Å². The van der Waals surface area contributed by atoms with Crippen molar-refractivity contribution in [2.24, 2.45) is 0 Å². The van der Waals surface area contributed by atoms with Crippen LogP contribution in [0.3, 0.4) is 0 Å². The van der Waals surface area contributed by atoms with Crippen molar-refractivity contribution in [1.29, 1.82) is 0 Å². The number of nitrogens with one attached hydrogen (secondary N) is 2. The summed E-state index contributed by atoms with van der Waals surface area (Å²) < 4.78 is 1.51. The van der Waals surface area contributed by atoms with Gasteiger partial charge in [0.25, 0.3) is 0 Å². The average Bonchev–Trinajstić information content (AvgIpc) is 2.53. The molecule has 90 valence electrons. The molecule has 0 spiro atoms. The van der Waals surface area contributed by atoms with Crippen LogP contribution in [-0.4, -0.2) is 20.6 Å². The molecular weight excluding hydrogens is 222 g/mol. The van der Waals surface area contributed by atoms with Crippen LogP contribution in [0.5, 0.6) is 5.75 Å². The molecular formula is C11H13N3O3. The molecule has 1 heterocycles. The second kappa shape index (κ2) is 3.97. The topological polar surface area (TPSA) is 87.1 Å². The summed E-state index contributed by atoms with van der Waals surface area (Å²) in [4.78, 5) is 25.1. The van der Waals surface area contributed by atoms with E-state index in [1.54, 1.807) is 6.07 Å². The fraction of sp³-hybridized carbons (Fsp3) is 0.273. The fourth-order valence-corrected chi connectivity index (χ4v) is 1.80. The number of carbonyl (C=O) groups excluding carboxylic acids is 1. The predicted molar refractivity (Wildman–Crippen MR) is 64.2 cm³/mol. The van der Waals surface area contributed by atoms with Crippen LogP contribution >= 0.6 is 0 Å². The van der Waals surface area contributed by atoms with Crippen LogP contribution in [0, 0.1) is 0 Å². The number of imidazole rings is 1. The summed E-state index contributed by atoms with van der Waals surface area (Å²) in [5, 5.41) is 12.2. The molecule has 0 saturated carbocycles. The molecule has 0 saturated heterocycles. The lowest BCUT2D eigenvalue weighted by Crippen LogP contribution is -2.14. The maximum absolute atomic E-state index is 11.6. The van der Waals surface area contributed by atoms with Gasteiger partial charge < -0.3 is 15.4 Å². The summed E-state index contributed by atoms with van der Waals surface area (Å²) in [5.74, 6) is -0.342. The van der Waals surface area contributed by atoms with E-state index in [9.17, 15) is 14.7 Å². The molecule has 1 amide bonds. The fourth-order valence-electron chi connectivity index (χ4n) is 1.80. The van der Waals surface area contributed by atoms with E-state index >= 15 is 0 Å². The SMILES string of the molecule is CCn1c(=O)[nH]c2cc(NC(C)=O)c(O)cc21. The third kappa shape index (κ3) is 1.89. The Labute approximate surface area is 96.9 Å². The van der Waals surface area contributed by atoms with E-state index in [0.29, 0.717) is 17.6 Å². The number of nitrogens with zero attached hydrogens (tertiary/aromatic N) is 1. The number of aromatic nitrogens is 2. The number of anilines is 1. The lowest BCUT2D eigenvalue weighted by molar-refractivity contribution is -0.114. The second-order valence-electron chi connectivity index (χ2n) is 3.74. The summed E-state index contributed by atoms with van der Waals surface area (Å²) >= 11 is 0. The quantitative estimate of drug-likeness (QED) is 0.679. The van der Waals surface area contributed by atoms with Gasteiger partial charge in [-0.1, -0.05) is 0 Å². The van der Waals surface area contributed by atoms with Crippen LogP contribution in [0.1, 0.15) is 13.8 Å². The van der Waals surface area contributed by atoms with Gasteiger partial charge in [-0.05, 0) is 13.0 Å². The molecule has 6 heteroatoms. The number of phenolic OH excluding ortho intramolecular Hbond substituents is 1. The molecule has 6 nitrogen and oxygen atoms in total. The Morgan fingerprint density at radius 3 is 2.82 bits per heavy atom. The number of rotatable bonds is 2. The van der Waals surface area contributed by atoms with E-state index in [0.717, 1.165) is 0 Å². The second-order valence-corrected chi connectivity index (χ2v) is 3.74. The summed E-state index contributed by atoms with van der Waals surface area (Å²) in [6, 6.07) is 3.00.